The Labute approximate surface area is 257 Å². The summed E-state index contributed by atoms with van der Waals surface area (Å²) in [5.41, 5.74) is 2.54. The minimum absolute atomic E-state index is 0.197. The third kappa shape index (κ3) is 6.73. The number of fused-ring (bicyclic) bond motifs is 1. The molecule has 7 nitrogen and oxygen atoms in total. The molecular weight excluding hydrogens is 591 g/mol. The summed E-state index contributed by atoms with van der Waals surface area (Å²) in [7, 11) is 0. The molecule has 0 spiro atoms. The normalized spacial score (nSPS) is 14.9. The third-order valence-electron chi connectivity index (χ3n) is 6.66. The fourth-order valence-electron chi connectivity index (χ4n) is 4.74. The predicted octanol–water partition coefficient (Wildman–Crippen LogP) is 5.96. The molecule has 1 aliphatic rings. The first-order chi connectivity index (χ1) is 20.6. The van der Waals surface area contributed by atoms with Gasteiger partial charge in [0.2, 0.25) is 0 Å². The quantitative estimate of drug-likeness (QED) is 0.216. The van der Waals surface area contributed by atoms with Gasteiger partial charge < -0.3 is 14.2 Å². The SMILES string of the molecule is CCOc1ccc([C@H]2C(C(=O)OC(C)C)=C(C)N=c3s/c(=C/c4cc(Cl)ccc4OCc4ccc(F)cc4)c(=O)n32)cc1. The Morgan fingerprint density at radius 3 is 2.49 bits per heavy atom. The van der Waals surface area contributed by atoms with Crippen molar-refractivity contribution in [3.8, 4) is 11.5 Å². The van der Waals surface area contributed by atoms with Gasteiger partial charge >= 0.3 is 5.97 Å². The van der Waals surface area contributed by atoms with Gasteiger partial charge in [0.15, 0.2) is 4.80 Å². The number of nitrogens with zero attached hydrogens (tertiary/aromatic N) is 2. The summed E-state index contributed by atoms with van der Waals surface area (Å²) in [6, 6.07) is 17.7. The summed E-state index contributed by atoms with van der Waals surface area (Å²) in [5.74, 6) is 0.321. The number of thiazole rings is 1. The molecule has 222 valence electrons. The molecule has 4 aromatic rings. The Kier molecular flexibility index (Phi) is 9.13. The zero-order chi connectivity index (χ0) is 30.7. The lowest BCUT2D eigenvalue weighted by Gasteiger charge is -2.25. The van der Waals surface area contributed by atoms with E-state index >= 15 is 0 Å². The number of carbonyl (C=O) groups is 1. The van der Waals surface area contributed by atoms with Crippen LogP contribution in [0, 0.1) is 5.82 Å². The van der Waals surface area contributed by atoms with Crippen LogP contribution >= 0.6 is 22.9 Å². The third-order valence-corrected chi connectivity index (χ3v) is 7.88. The van der Waals surface area contributed by atoms with Crippen LogP contribution in [0.4, 0.5) is 4.39 Å². The summed E-state index contributed by atoms with van der Waals surface area (Å²) in [6.07, 6.45) is 1.35. The monoisotopic (exact) mass is 620 g/mol. The van der Waals surface area contributed by atoms with E-state index in [2.05, 4.69) is 4.99 Å². The Balaban J connectivity index is 1.60. The summed E-state index contributed by atoms with van der Waals surface area (Å²) < 4.78 is 32.5. The second-order valence-electron chi connectivity index (χ2n) is 10.1. The van der Waals surface area contributed by atoms with Crippen molar-refractivity contribution in [1.29, 1.82) is 0 Å². The maximum absolute atomic E-state index is 14.0. The fourth-order valence-corrected chi connectivity index (χ4v) is 5.95. The highest BCUT2D eigenvalue weighted by Crippen LogP contribution is 2.32. The van der Waals surface area contributed by atoms with Crippen LogP contribution < -0.4 is 24.4 Å². The van der Waals surface area contributed by atoms with Gasteiger partial charge in [-0.1, -0.05) is 47.2 Å². The molecule has 0 saturated carbocycles. The van der Waals surface area contributed by atoms with E-state index in [9.17, 15) is 14.0 Å². The molecule has 0 saturated heterocycles. The minimum Gasteiger partial charge on any atom is -0.494 e. The first-order valence-corrected chi connectivity index (χ1v) is 15.0. The lowest BCUT2D eigenvalue weighted by molar-refractivity contribution is -0.143. The van der Waals surface area contributed by atoms with Crippen molar-refractivity contribution in [1.82, 2.24) is 4.57 Å². The molecule has 1 atom stereocenters. The second-order valence-corrected chi connectivity index (χ2v) is 11.6. The van der Waals surface area contributed by atoms with Gasteiger partial charge in [-0.25, -0.2) is 14.2 Å². The number of rotatable bonds is 9. The van der Waals surface area contributed by atoms with E-state index in [1.165, 1.54) is 28.0 Å². The van der Waals surface area contributed by atoms with E-state index in [4.69, 9.17) is 25.8 Å². The minimum atomic E-state index is -0.756. The molecule has 0 amide bonds. The van der Waals surface area contributed by atoms with Crippen LogP contribution in [0.3, 0.4) is 0 Å². The molecule has 1 aliphatic heterocycles. The molecule has 0 fully saturated rings. The van der Waals surface area contributed by atoms with Gasteiger partial charge in [-0.05, 0) is 87.4 Å². The van der Waals surface area contributed by atoms with Crippen molar-refractivity contribution in [3.63, 3.8) is 0 Å². The van der Waals surface area contributed by atoms with Gasteiger partial charge in [-0.15, -0.1) is 0 Å². The standard InChI is InChI=1S/C33H30ClFN2O5S/c1-5-40-26-13-8-22(9-14-26)30-29(32(39)42-19(2)3)20(4)36-33-37(30)31(38)28(43-33)17-23-16-24(34)10-15-27(23)41-18-21-6-11-25(35)12-7-21/h6-17,19,30H,5,18H2,1-4H3/b28-17+/t30-/m0/s1. The van der Waals surface area contributed by atoms with Gasteiger partial charge in [0.1, 0.15) is 23.9 Å². The maximum atomic E-state index is 14.0. The second kappa shape index (κ2) is 13.0. The lowest BCUT2D eigenvalue weighted by Crippen LogP contribution is -2.40. The highest BCUT2D eigenvalue weighted by atomic mass is 35.5. The van der Waals surface area contributed by atoms with Crippen molar-refractivity contribution >= 4 is 35.0 Å². The van der Waals surface area contributed by atoms with Gasteiger partial charge in [0, 0.05) is 10.6 Å². The number of halogens is 2. The molecule has 0 aliphatic carbocycles. The Hall–Kier alpha value is -4.21. The predicted molar refractivity (Wildman–Crippen MR) is 165 cm³/mol. The molecule has 10 heteroatoms. The van der Waals surface area contributed by atoms with Crippen LogP contribution in [0.25, 0.3) is 6.08 Å². The van der Waals surface area contributed by atoms with Crippen LogP contribution in [0.1, 0.15) is 50.4 Å². The number of carbonyl (C=O) groups excluding carboxylic acids is 1. The molecule has 0 bridgehead atoms. The molecular formula is C33H30ClFN2O5S. The van der Waals surface area contributed by atoms with E-state index < -0.39 is 12.0 Å². The summed E-state index contributed by atoms with van der Waals surface area (Å²) >= 11 is 7.53. The number of aromatic nitrogens is 1. The topological polar surface area (TPSA) is 79.1 Å². The number of ether oxygens (including phenoxy) is 3. The number of hydrogen-bond acceptors (Lipinski definition) is 7. The zero-order valence-corrected chi connectivity index (χ0v) is 25.7. The van der Waals surface area contributed by atoms with Crippen LogP contribution in [-0.4, -0.2) is 23.2 Å². The number of benzene rings is 3. The highest BCUT2D eigenvalue weighted by molar-refractivity contribution is 7.07. The van der Waals surface area contributed by atoms with Crippen molar-refractivity contribution in [3.05, 3.63) is 125 Å². The van der Waals surface area contributed by atoms with Crippen LogP contribution in [0.15, 0.2) is 87.8 Å². The van der Waals surface area contributed by atoms with Crippen LogP contribution in [0.2, 0.25) is 5.02 Å². The summed E-state index contributed by atoms with van der Waals surface area (Å²) in [6.45, 7) is 7.90. The number of hydrogen-bond donors (Lipinski definition) is 0. The summed E-state index contributed by atoms with van der Waals surface area (Å²) in [4.78, 5) is 32.5. The van der Waals surface area contributed by atoms with E-state index in [0.717, 1.165) is 5.56 Å². The van der Waals surface area contributed by atoms with Crippen molar-refractivity contribution in [2.24, 2.45) is 4.99 Å². The van der Waals surface area contributed by atoms with E-state index in [1.807, 2.05) is 31.2 Å². The van der Waals surface area contributed by atoms with Gasteiger partial charge in [0.05, 0.1) is 34.6 Å². The largest absolute Gasteiger partial charge is 0.494 e. The summed E-state index contributed by atoms with van der Waals surface area (Å²) in [5, 5.41) is 0.468. The van der Waals surface area contributed by atoms with E-state index in [-0.39, 0.29) is 24.1 Å². The molecule has 43 heavy (non-hydrogen) atoms. The zero-order valence-electron chi connectivity index (χ0n) is 24.1. The molecule has 0 radical (unpaired) electrons. The molecule has 2 heterocycles. The van der Waals surface area contributed by atoms with E-state index in [0.29, 0.717) is 54.9 Å². The molecule has 0 unspecified atom stereocenters. The van der Waals surface area contributed by atoms with Crippen molar-refractivity contribution < 1.29 is 23.4 Å². The average Bonchev–Trinajstić information content (AvgIpc) is 3.27. The Morgan fingerprint density at radius 2 is 1.81 bits per heavy atom. The first kappa shape index (κ1) is 30.3. The highest BCUT2D eigenvalue weighted by Gasteiger charge is 2.33. The number of esters is 1. The molecule has 3 aromatic carbocycles. The molecule has 5 rings (SSSR count). The van der Waals surface area contributed by atoms with Gasteiger partial charge in [0.25, 0.3) is 5.56 Å². The number of allylic oxidation sites excluding steroid dienone is 1. The molecule has 1 aromatic heterocycles. The fraction of sp³-hybridized carbons (Fsp3) is 0.242. The smallest absolute Gasteiger partial charge is 0.338 e. The molecule has 0 N–H and O–H groups in total. The average molecular weight is 621 g/mol. The van der Waals surface area contributed by atoms with Gasteiger partial charge in [-0.2, -0.15) is 0 Å². The first-order valence-electron chi connectivity index (χ1n) is 13.8. The van der Waals surface area contributed by atoms with Crippen molar-refractivity contribution in [2.45, 2.75) is 46.4 Å². The lowest BCUT2D eigenvalue weighted by atomic mass is 9.96. The Bertz CT molecular complexity index is 1860. The Morgan fingerprint density at radius 1 is 1.09 bits per heavy atom. The van der Waals surface area contributed by atoms with Gasteiger partial charge in [-0.3, -0.25) is 9.36 Å². The van der Waals surface area contributed by atoms with Crippen LogP contribution in [0.5, 0.6) is 11.5 Å². The maximum Gasteiger partial charge on any atom is 0.338 e. The van der Waals surface area contributed by atoms with Crippen molar-refractivity contribution in [2.75, 3.05) is 6.61 Å². The van der Waals surface area contributed by atoms with E-state index in [1.54, 1.807) is 57.2 Å². The van der Waals surface area contributed by atoms with Crippen LogP contribution in [-0.2, 0) is 16.1 Å².